The molecule has 30 heavy (non-hydrogen) atoms. The standard InChI is InChI=1S/C24H40N4O2/c1-22-9-7-18(29)14-16(22)4-5-20-19(22)8-10-23(2)17(6-11-24(20,23)30)15-27-28-21-25-12-3-13-26-21/h15-20,29-30H,3-14H2,1-2H3,(H2,25,26,28)/b27-15+/t16-,17-,18+,19+,20-,22+,23-,24+/m1/s1. The van der Waals surface area contributed by atoms with Gasteiger partial charge < -0.3 is 15.5 Å². The summed E-state index contributed by atoms with van der Waals surface area (Å²) in [4.78, 5) is 4.42. The maximum Gasteiger partial charge on any atom is 0.212 e. The summed E-state index contributed by atoms with van der Waals surface area (Å²) in [6, 6.07) is 0. The summed E-state index contributed by atoms with van der Waals surface area (Å²) < 4.78 is 0. The average Bonchev–Trinajstić information content (AvgIpc) is 3.01. The first-order chi connectivity index (χ1) is 14.4. The van der Waals surface area contributed by atoms with Crippen molar-refractivity contribution in [3.8, 4) is 0 Å². The van der Waals surface area contributed by atoms with Crippen LogP contribution in [0.5, 0.6) is 0 Å². The topological polar surface area (TPSA) is 89.2 Å². The van der Waals surface area contributed by atoms with Gasteiger partial charge in [-0.1, -0.05) is 13.8 Å². The van der Waals surface area contributed by atoms with Crippen molar-refractivity contribution in [3.05, 3.63) is 0 Å². The highest BCUT2D eigenvalue weighted by molar-refractivity contribution is 5.81. The van der Waals surface area contributed by atoms with E-state index in [1.807, 2.05) is 0 Å². The Morgan fingerprint density at radius 3 is 2.77 bits per heavy atom. The highest BCUT2D eigenvalue weighted by Crippen LogP contribution is 2.68. The molecule has 0 aromatic heterocycles. The highest BCUT2D eigenvalue weighted by atomic mass is 16.3. The Kier molecular flexibility index (Phi) is 5.17. The minimum absolute atomic E-state index is 0.0987. The summed E-state index contributed by atoms with van der Waals surface area (Å²) in [7, 11) is 0. The zero-order valence-electron chi connectivity index (χ0n) is 18.7. The summed E-state index contributed by atoms with van der Waals surface area (Å²) in [5, 5.41) is 30.2. The number of hydrogen-bond acceptors (Lipinski definition) is 6. The van der Waals surface area contributed by atoms with E-state index in [9.17, 15) is 10.2 Å². The Morgan fingerprint density at radius 1 is 1.10 bits per heavy atom. The molecule has 0 radical (unpaired) electrons. The van der Waals surface area contributed by atoms with Crippen molar-refractivity contribution >= 4 is 12.2 Å². The number of aliphatic hydroxyl groups is 2. The van der Waals surface area contributed by atoms with Crippen LogP contribution in [0.2, 0.25) is 0 Å². The van der Waals surface area contributed by atoms with Gasteiger partial charge in [0.2, 0.25) is 5.96 Å². The van der Waals surface area contributed by atoms with Crippen molar-refractivity contribution in [2.24, 2.45) is 44.6 Å². The van der Waals surface area contributed by atoms with Gasteiger partial charge >= 0.3 is 0 Å². The second-order valence-corrected chi connectivity index (χ2v) is 11.3. The van der Waals surface area contributed by atoms with E-state index >= 15 is 0 Å². The van der Waals surface area contributed by atoms with E-state index in [-0.39, 0.29) is 16.9 Å². The number of aliphatic imine (C=N–C) groups is 1. The van der Waals surface area contributed by atoms with Crippen molar-refractivity contribution in [3.63, 3.8) is 0 Å². The first-order valence-electron chi connectivity index (χ1n) is 12.3. The van der Waals surface area contributed by atoms with E-state index in [4.69, 9.17) is 0 Å². The molecular formula is C24H40N4O2. The fraction of sp³-hybridized carbons (Fsp3) is 0.917. The summed E-state index contributed by atoms with van der Waals surface area (Å²) in [6.07, 6.45) is 12.5. The predicted molar refractivity (Wildman–Crippen MR) is 119 cm³/mol. The van der Waals surface area contributed by atoms with Crippen molar-refractivity contribution in [1.29, 1.82) is 0 Å². The molecule has 168 valence electrons. The van der Waals surface area contributed by atoms with Gasteiger partial charge in [-0.05, 0) is 87.4 Å². The maximum absolute atomic E-state index is 12.2. The lowest BCUT2D eigenvalue weighted by Gasteiger charge is -2.63. The van der Waals surface area contributed by atoms with Crippen LogP contribution < -0.4 is 10.7 Å². The quantitative estimate of drug-likeness (QED) is 0.411. The van der Waals surface area contributed by atoms with Gasteiger partial charge in [0.05, 0.1) is 11.7 Å². The number of nitrogens with zero attached hydrogens (tertiary/aromatic N) is 2. The van der Waals surface area contributed by atoms with Crippen LogP contribution in [-0.4, -0.2) is 47.2 Å². The predicted octanol–water partition coefficient (Wildman–Crippen LogP) is 3.05. The zero-order chi connectivity index (χ0) is 21.0. The van der Waals surface area contributed by atoms with Gasteiger partial charge in [-0.2, -0.15) is 5.10 Å². The van der Waals surface area contributed by atoms with E-state index in [1.54, 1.807) is 0 Å². The molecule has 0 bridgehead atoms. The molecule has 1 aliphatic heterocycles. The second kappa shape index (κ2) is 7.47. The third-order valence-electron chi connectivity index (χ3n) is 10.2. The fourth-order valence-electron chi connectivity index (χ4n) is 8.28. The van der Waals surface area contributed by atoms with E-state index in [0.29, 0.717) is 23.7 Å². The monoisotopic (exact) mass is 416 g/mol. The summed E-state index contributed by atoms with van der Waals surface area (Å²) in [5.41, 5.74) is 2.69. The van der Waals surface area contributed by atoms with Crippen LogP contribution in [0.4, 0.5) is 0 Å². The average molecular weight is 417 g/mol. The first kappa shape index (κ1) is 20.7. The molecular weight excluding hydrogens is 376 g/mol. The number of guanidine groups is 1. The van der Waals surface area contributed by atoms with E-state index in [0.717, 1.165) is 70.4 Å². The smallest absolute Gasteiger partial charge is 0.212 e. The Morgan fingerprint density at radius 2 is 1.97 bits per heavy atom. The lowest BCUT2D eigenvalue weighted by molar-refractivity contribution is -0.206. The zero-order valence-corrected chi connectivity index (χ0v) is 18.7. The third-order valence-corrected chi connectivity index (χ3v) is 10.2. The fourth-order valence-corrected chi connectivity index (χ4v) is 8.28. The molecule has 0 aromatic carbocycles. The SMILES string of the molecule is C[C@]12CC[C@H](O)C[C@H]1CC[C@@H]1[C@@H]2CC[C@]2(C)[C@@H](/C=N/NC3=NCCCN3)CC[C@]12O. The minimum Gasteiger partial charge on any atom is -0.393 e. The molecule has 8 atom stereocenters. The number of fused-ring (bicyclic) bond motifs is 5. The lowest BCUT2D eigenvalue weighted by atomic mass is 9.43. The normalized spacial score (nSPS) is 50.8. The Balaban J connectivity index is 1.33. The Bertz CT molecular complexity index is 726. The van der Waals surface area contributed by atoms with Crippen LogP contribution >= 0.6 is 0 Å². The van der Waals surface area contributed by atoms with E-state index in [1.165, 1.54) is 12.8 Å². The highest BCUT2D eigenvalue weighted by Gasteiger charge is 2.66. The van der Waals surface area contributed by atoms with Crippen LogP contribution in [-0.2, 0) is 0 Å². The summed E-state index contributed by atoms with van der Waals surface area (Å²) >= 11 is 0. The van der Waals surface area contributed by atoms with Gasteiger partial charge in [0.25, 0.3) is 0 Å². The summed E-state index contributed by atoms with van der Waals surface area (Å²) in [5.74, 6) is 2.69. The molecule has 5 aliphatic rings. The molecule has 0 aromatic rings. The molecule has 4 fully saturated rings. The lowest BCUT2D eigenvalue weighted by Crippen LogP contribution is -2.62. The van der Waals surface area contributed by atoms with E-state index < -0.39 is 5.60 Å². The molecule has 1 heterocycles. The van der Waals surface area contributed by atoms with Crippen molar-refractivity contribution < 1.29 is 10.2 Å². The van der Waals surface area contributed by atoms with Crippen LogP contribution in [0.25, 0.3) is 0 Å². The molecule has 0 spiro atoms. The largest absolute Gasteiger partial charge is 0.393 e. The maximum atomic E-state index is 12.2. The molecule has 0 amide bonds. The minimum atomic E-state index is -0.586. The van der Waals surface area contributed by atoms with Crippen LogP contribution in [0.3, 0.4) is 0 Å². The molecule has 4 saturated carbocycles. The Hall–Kier alpha value is -1.14. The molecule has 5 rings (SSSR count). The van der Waals surface area contributed by atoms with Crippen molar-refractivity contribution in [1.82, 2.24) is 10.7 Å². The molecule has 4 aliphatic carbocycles. The molecule has 6 nitrogen and oxygen atoms in total. The number of hydrogen-bond donors (Lipinski definition) is 4. The number of aliphatic hydroxyl groups excluding tert-OH is 1. The second-order valence-electron chi connectivity index (χ2n) is 11.3. The van der Waals surface area contributed by atoms with Gasteiger partial charge in [-0.15, -0.1) is 0 Å². The van der Waals surface area contributed by atoms with Gasteiger partial charge in [0.15, 0.2) is 0 Å². The van der Waals surface area contributed by atoms with Gasteiger partial charge in [-0.25, -0.2) is 5.43 Å². The van der Waals surface area contributed by atoms with Crippen LogP contribution in [0.1, 0.15) is 78.1 Å². The van der Waals surface area contributed by atoms with Gasteiger partial charge in [-0.3, -0.25) is 4.99 Å². The first-order valence-corrected chi connectivity index (χ1v) is 12.3. The number of rotatable bonds is 2. The molecule has 6 heteroatoms. The van der Waals surface area contributed by atoms with E-state index in [2.05, 4.69) is 40.9 Å². The number of nitrogens with one attached hydrogen (secondary N) is 2. The van der Waals surface area contributed by atoms with Gasteiger partial charge in [0, 0.05) is 30.6 Å². The third kappa shape index (κ3) is 3.04. The molecule has 0 unspecified atom stereocenters. The van der Waals surface area contributed by atoms with Crippen molar-refractivity contribution in [2.75, 3.05) is 13.1 Å². The number of hydrazone groups is 1. The molecule has 4 N–H and O–H groups in total. The van der Waals surface area contributed by atoms with Gasteiger partial charge in [0.1, 0.15) is 0 Å². The molecule has 0 saturated heterocycles. The van der Waals surface area contributed by atoms with Crippen LogP contribution in [0.15, 0.2) is 10.1 Å². The van der Waals surface area contributed by atoms with Crippen molar-refractivity contribution in [2.45, 2.75) is 89.8 Å². The summed E-state index contributed by atoms with van der Waals surface area (Å²) in [6.45, 7) is 6.60. The Labute approximate surface area is 181 Å². The van der Waals surface area contributed by atoms with Crippen LogP contribution in [0, 0.1) is 34.5 Å².